The van der Waals surface area contributed by atoms with Crippen LogP contribution in [0.4, 0.5) is 0 Å². The molecule has 1 heterocycles. The van der Waals surface area contributed by atoms with Gasteiger partial charge in [-0.2, -0.15) is 0 Å². The van der Waals surface area contributed by atoms with Crippen LogP contribution in [0, 0.1) is 0 Å². The lowest BCUT2D eigenvalue weighted by Gasteiger charge is -2.23. The summed E-state index contributed by atoms with van der Waals surface area (Å²) in [4.78, 5) is 8.72. The van der Waals surface area contributed by atoms with Crippen LogP contribution in [0.2, 0.25) is 0 Å². The molecule has 0 unspecified atom stereocenters. The number of nitrogens with one attached hydrogen (secondary N) is 2. The molecule has 0 spiro atoms. The van der Waals surface area contributed by atoms with Crippen molar-refractivity contribution in [2.45, 2.75) is 46.3 Å². The maximum Gasteiger partial charge on any atom is 0.191 e. The molecule has 2 N–H and O–H groups in total. The second-order valence-electron chi connectivity index (χ2n) is 6.62. The van der Waals surface area contributed by atoms with E-state index in [0.29, 0.717) is 6.54 Å². The van der Waals surface area contributed by atoms with Gasteiger partial charge < -0.3 is 15.2 Å². The van der Waals surface area contributed by atoms with E-state index in [-0.39, 0.29) is 29.5 Å². The first-order valence-corrected chi connectivity index (χ1v) is 8.06. The van der Waals surface area contributed by atoms with Gasteiger partial charge in [0.2, 0.25) is 0 Å². The summed E-state index contributed by atoms with van der Waals surface area (Å²) in [5, 5.41) is 6.68. The maximum atomic E-state index is 4.65. The number of nitrogens with zero attached hydrogens (tertiary/aromatic N) is 3. The van der Waals surface area contributed by atoms with Crippen molar-refractivity contribution >= 4 is 29.9 Å². The van der Waals surface area contributed by atoms with Gasteiger partial charge >= 0.3 is 0 Å². The summed E-state index contributed by atoms with van der Waals surface area (Å²) in [7, 11) is 0. The number of guanidine groups is 1. The molecule has 0 bridgehead atoms. The van der Waals surface area contributed by atoms with Crippen LogP contribution in [0.15, 0.2) is 48.0 Å². The number of aliphatic imine (C=N–C) groups is 1. The molecule has 1 aromatic carbocycles. The van der Waals surface area contributed by atoms with Crippen LogP contribution in [-0.4, -0.2) is 27.6 Å². The van der Waals surface area contributed by atoms with Crippen molar-refractivity contribution in [2.24, 2.45) is 4.99 Å². The normalized spacial score (nSPS) is 11.8. The second-order valence-corrected chi connectivity index (χ2v) is 6.62. The van der Waals surface area contributed by atoms with Gasteiger partial charge in [0.25, 0.3) is 0 Å². The molecule has 24 heavy (non-hydrogen) atoms. The maximum absolute atomic E-state index is 4.65. The summed E-state index contributed by atoms with van der Waals surface area (Å²) in [6.45, 7) is 10.8. The Morgan fingerprint density at radius 1 is 1.17 bits per heavy atom. The number of imidazole rings is 1. The molecular weight excluding hydrogens is 413 g/mol. The summed E-state index contributed by atoms with van der Waals surface area (Å²) in [5.74, 6) is 0.850. The van der Waals surface area contributed by atoms with Crippen molar-refractivity contribution < 1.29 is 0 Å². The lowest BCUT2D eigenvalue weighted by atomic mass is 10.1. The van der Waals surface area contributed by atoms with Gasteiger partial charge in [-0.05, 0) is 38.8 Å². The van der Waals surface area contributed by atoms with Gasteiger partial charge in [-0.3, -0.25) is 0 Å². The minimum absolute atomic E-state index is 0. The van der Waals surface area contributed by atoms with Gasteiger partial charge in [0, 0.05) is 31.0 Å². The zero-order chi connectivity index (χ0) is 16.7. The van der Waals surface area contributed by atoms with Gasteiger partial charge in [-0.25, -0.2) is 9.98 Å². The minimum Gasteiger partial charge on any atom is -0.357 e. The molecule has 0 aliphatic rings. The van der Waals surface area contributed by atoms with Crippen molar-refractivity contribution in [3.8, 4) is 0 Å². The lowest BCUT2D eigenvalue weighted by molar-refractivity contribution is 0.501. The topological polar surface area (TPSA) is 54.2 Å². The van der Waals surface area contributed by atoms with Crippen molar-refractivity contribution in [3.63, 3.8) is 0 Å². The van der Waals surface area contributed by atoms with E-state index in [1.165, 1.54) is 11.1 Å². The molecule has 6 heteroatoms. The molecule has 2 aromatic rings. The molecule has 5 nitrogen and oxygen atoms in total. The Morgan fingerprint density at radius 3 is 2.38 bits per heavy atom. The molecule has 0 amide bonds. The van der Waals surface area contributed by atoms with Crippen LogP contribution in [0.5, 0.6) is 0 Å². The third-order valence-electron chi connectivity index (χ3n) is 3.20. The molecule has 1 aromatic heterocycles. The molecule has 0 aliphatic carbocycles. The standard InChI is InChI=1S/C18H27N5.HI/c1-5-20-17(22-18(2,3)4)21-12-15-6-8-16(9-7-15)13-23-11-10-19-14-23;/h6-11,14H,5,12-13H2,1-4H3,(H2,20,21,22);1H. The number of benzene rings is 1. The van der Waals surface area contributed by atoms with E-state index in [4.69, 9.17) is 0 Å². The molecule has 0 saturated heterocycles. The van der Waals surface area contributed by atoms with Gasteiger partial charge in [-0.1, -0.05) is 24.3 Å². The highest BCUT2D eigenvalue weighted by atomic mass is 127. The van der Waals surface area contributed by atoms with E-state index in [9.17, 15) is 0 Å². The molecule has 2 rings (SSSR count). The SMILES string of the molecule is CCNC(=NCc1ccc(Cn2ccnc2)cc1)NC(C)(C)C.I. The number of hydrogen-bond donors (Lipinski definition) is 2. The highest BCUT2D eigenvalue weighted by Gasteiger charge is 2.11. The fourth-order valence-corrected chi connectivity index (χ4v) is 2.17. The van der Waals surface area contributed by atoms with Crippen molar-refractivity contribution in [3.05, 3.63) is 54.1 Å². The van der Waals surface area contributed by atoms with Gasteiger partial charge in [0.05, 0.1) is 12.9 Å². The van der Waals surface area contributed by atoms with Crippen molar-refractivity contribution in [1.82, 2.24) is 20.2 Å². The van der Waals surface area contributed by atoms with E-state index in [1.54, 1.807) is 6.20 Å². The molecule has 0 aliphatic heterocycles. The summed E-state index contributed by atoms with van der Waals surface area (Å²) < 4.78 is 2.06. The average molecular weight is 441 g/mol. The minimum atomic E-state index is -0.00431. The highest BCUT2D eigenvalue weighted by Crippen LogP contribution is 2.08. The average Bonchev–Trinajstić information content (AvgIpc) is 2.98. The summed E-state index contributed by atoms with van der Waals surface area (Å²) in [6, 6.07) is 8.57. The van der Waals surface area contributed by atoms with Crippen molar-refractivity contribution in [1.29, 1.82) is 0 Å². The van der Waals surface area contributed by atoms with Gasteiger partial charge in [-0.15, -0.1) is 24.0 Å². The lowest BCUT2D eigenvalue weighted by Crippen LogP contribution is -2.47. The van der Waals surface area contributed by atoms with E-state index < -0.39 is 0 Å². The summed E-state index contributed by atoms with van der Waals surface area (Å²) in [6.07, 6.45) is 5.60. The third kappa shape index (κ3) is 7.33. The Morgan fingerprint density at radius 2 is 1.83 bits per heavy atom. The smallest absolute Gasteiger partial charge is 0.191 e. The first kappa shape index (κ1) is 20.5. The van der Waals surface area contributed by atoms with Crippen LogP contribution >= 0.6 is 24.0 Å². The quantitative estimate of drug-likeness (QED) is 0.425. The predicted octanol–water partition coefficient (Wildman–Crippen LogP) is 3.40. The van der Waals surface area contributed by atoms with Crippen LogP contribution < -0.4 is 10.6 Å². The van der Waals surface area contributed by atoms with Crippen molar-refractivity contribution in [2.75, 3.05) is 6.54 Å². The van der Waals surface area contributed by atoms with Crippen LogP contribution in [-0.2, 0) is 13.1 Å². The number of rotatable bonds is 5. The highest BCUT2D eigenvalue weighted by molar-refractivity contribution is 14.0. The largest absolute Gasteiger partial charge is 0.357 e. The summed E-state index contributed by atoms with van der Waals surface area (Å²) in [5.41, 5.74) is 2.45. The van der Waals surface area contributed by atoms with Gasteiger partial charge in [0.15, 0.2) is 5.96 Å². The molecule has 132 valence electrons. The predicted molar refractivity (Wildman–Crippen MR) is 111 cm³/mol. The fraction of sp³-hybridized carbons (Fsp3) is 0.444. The van der Waals surface area contributed by atoms with Crippen LogP contribution in [0.25, 0.3) is 0 Å². The molecule has 0 fully saturated rings. The first-order valence-electron chi connectivity index (χ1n) is 8.06. The number of hydrogen-bond acceptors (Lipinski definition) is 2. The molecule has 0 atom stereocenters. The first-order chi connectivity index (χ1) is 11.0. The van der Waals surface area contributed by atoms with Crippen LogP contribution in [0.1, 0.15) is 38.8 Å². The Balaban J connectivity index is 0.00000288. The Kier molecular flexibility index (Phi) is 8.24. The second kappa shape index (κ2) is 9.66. The Bertz CT molecular complexity index is 612. The fourth-order valence-electron chi connectivity index (χ4n) is 2.17. The van der Waals surface area contributed by atoms with E-state index >= 15 is 0 Å². The van der Waals surface area contributed by atoms with Crippen LogP contribution in [0.3, 0.4) is 0 Å². The molecule has 0 saturated carbocycles. The van der Waals surface area contributed by atoms with Gasteiger partial charge in [0.1, 0.15) is 0 Å². The van der Waals surface area contributed by atoms with E-state index in [1.807, 2.05) is 12.5 Å². The molecular formula is C18H28IN5. The zero-order valence-electron chi connectivity index (χ0n) is 14.9. The Labute approximate surface area is 162 Å². The summed E-state index contributed by atoms with van der Waals surface area (Å²) >= 11 is 0. The molecule has 0 radical (unpaired) electrons. The third-order valence-corrected chi connectivity index (χ3v) is 3.20. The number of aromatic nitrogens is 2. The Hall–Kier alpha value is -1.57. The number of halogens is 1. The monoisotopic (exact) mass is 441 g/mol. The van der Waals surface area contributed by atoms with E-state index in [2.05, 4.69) is 77.1 Å². The van der Waals surface area contributed by atoms with E-state index in [0.717, 1.165) is 19.0 Å². The zero-order valence-corrected chi connectivity index (χ0v) is 17.2.